The third-order valence-electron chi connectivity index (χ3n) is 6.16. The van der Waals surface area contributed by atoms with Crippen LogP contribution in [0.4, 0.5) is 11.5 Å². The predicted octanol–water partition coefficient (Wildman–Crippen LogP) is 5.48. The molecule has 5 nitrogen and oxygen atoms in total. The normalized spacial score (nSPS) is 16.2. The van der Waals surface area contributed by atoms with Gasteiger partial charge in [0.15, 0.2) is 0 Å². The van der Waals surface area contributed by atoms with Crippen molar-refractivity contribution in [1.29, 1.82) is 0 Å². The molecule has 2 aliphatic heterocycles. The largest absolute Gasteiger partial charge is 0.353 e. The van der Waals surface area contributed by atoms with Gasteiger partial charge in [-0.15, -0.1) is 12.4 Å². The monoisotopic (exact) mass is 488 g/mol. The maximum atomic E-state index is 12.3. The number of benzene rings is 2. The topological polar surface area (TPSA) is 48.5 Å². The fourth-order valence-corrected chi connectivity index (χ4v) is 5.54. The molecule has 0 atom stereocenters. The molecular formula is C24H26Cl2N4OS. The summed E-state index contributed by atoms with van der Waals surface area (Å²) in [5, 5.41) is 4.91. The van der Waals surface area contributed by atoms with Crippen LogP contribution in [0.15, 0.2) is 42.0 Å². The lowest BCUT2D eigenvalue weighted by Gasteiger charge is -2.35. The van der Waals surface area contributed by atoms with Gasteiger partial charge in [-0.1, -0.05) is 29.3 Å². The van der Waals surface area contributed by atoms with E-state index in [0.717, 1.165) is 77.9 Å². The molecule has 1 amide bonds. The van der Waals surface area contributed by atoms with Gasteiger partial charge in [-0.3, -0.25) is 9.69 Å². The Balaban J connectivity index is 0.00000245. The van der Waals surface area contributed by atoms with Crippen LogP contribution in [0.5, 0.6) is 0 Å². The van der Waals surface area contributed by atoms with Crippen molar-refractivity contribution in [2.75, 3.05) is 42.9 Å². The van der Waals surface area contributed by atoms with Crippen LogP contribution in [0.25, 0.3) is 15.7 Å². The van der Waals surface area contributed by atoms with E-state index in [1.807, 2.05) is 19.9 Å². The highest BCUT2D eigenvalue weighted by atomic mass is 35.5. The van der Waals surface area contributed by atoms with Crippen molar-refractivity contribution < 1.29 is 4.79 Å². The number of hydrogen-bond donors (Lipinski definition) is 1. The van der Waals surface area contributed by atoms with E-state index < -0.39 is 0 Å². The van der Waals surface area contributed by atoms with Crippen LogP contribution >= 0.6 is 35.5 Å². The van der Waals surface area contributed by atoms with E-state index in [1.165, 1.54) is 10.1 Å². The molecule has 0 bridgehead atoms. The van der Waals surface area contributed by atoms with Gasteiger partial charge in [0.2, 0.25) is 0 Å². The van der Waals surface area contributed by atoms with Crippen LogP contribution in [0.2, 0.25) is 5.02 Å². The SMILES string of the molecule is CC(C)=C1C(=O)Nc2cc(Cl)c(CCN3CCN(c4nsc5ccccc45)CC3)cc21.Cl. The minimum atomic E-state index is -0.0334. The summed E-state index contributed by atoms with van der Waals surface area (Å²) in [6.45, 7) is 8.88. The Morgan fingerprint density at radius 3 is 2.66 bits per heavy atom. The summed E-state index contributed by atoms with van der Waals surface area (Å²) in [5.41, 5.74) is 4.69. The maximum absolute atomic E-state index is 12.3. The third kappa shape index (κ3) is 4.25. The molecule has 0 radical (unpaired) electrons. The number of rotatable bonds is 4. The zero-order chi connectivity index (χ0) is 21.5. The number of anilines is 2. The van der Waals surface area contributed by atoms with E-state index in [9.17, 15) is 4.79 Å². The Morgan fingerprint density at radius 2 is 1.91 bits per heavy atom. The van der Waals surface area contributed by atoms with Gasteiger partial charge in [-0.25, -0.2) is 0 Å². The Kier molecular flexibility index (Phi) is 6.77. The van der Waals surface area contributed by atoms with Gasteiger partial charge in [0, 0.05) is 54.3 Å². The van der Waals surface area contributed by atoms with Crippen LogP contribution < -0.4 is 10.2 Å². The Bertz CT molecular complexity index is 1190. The summed E-state index contributed by atoms with van der Waals surface area (Å²) in [6.07, 6.45) is 0.871. The second kappa shape index (κ2) is 9.40. The molecule has 8 heteroatoms. The average molecular weight is 489 g/mol. The molecule has 2 aliphatic rings. The molecule has 1 fully saturated rings. The minimum absolute atomic E-state index is 0. The molecule has 1 aromatic heterocycles. The van der Waals surface area contributed by atoms with E-state index in [2.05, 4.69) is 45.4 Å². The van der Waals surface area contributed by atoms with Crippen molar-refractivity contribution in [3.63, 3.8) is 0 Å². The Morgan fingerprint density at radius 1 is 1.16 bits per heavy atom. The highest BCUT2D eigenvalue weighted by Crippen LogP contribution is 2.37. The molecule has 0 spiro atoms. The summed E-state index contributed by atoms with van der Waals surface area (Å²) in [5.74, 6) is 1.09. The molecule has 3 heterocycles. The zero-order valence-electron chi connectivity index (χ0n) is 18.2. The molecule has 0 aliphatic carbocycles. The van der Waals surface area contributed by atoms with Crippen LogP contribution in [0.1, 0.15) is 25.0 Å². The summed E-state index contributed by atoms with van der Waals surface area (Å²) < 4.78 is 5.95. The molecule has 1 saturated heterocycles. The van der Waals surface area contributed by atoms with Crippen molar-refractivity contribution in [3.05, 3.63) is 58.1 Å². The van der Waals surface area contributed by atoms with E-state index in [0.29, 0.717) is 0 Å². The van der Waals surface area contributed by atoms with E-state index in [1.54, 1.807) is 11.5 Å². The molecular weight excluding hydrogens is 463 g/mol. The van der Waals surface area contributed by atoms with Crippen LogP contribution in [0, 0.1) is 0 Å². The molecule has 5 rings (SSSR count). The van der Waals surface area contributed by atoms with E-state index in [-0.39, 0.29) is 18.3 Å². The Labute approximate surface area is 203 Å². The van der Waals surface area contributed by atoms with Crippen molar-refractivity contribution in [3.8, 4) is 0 Å². The van der Waals surface area contributed by atoms with E-state index in [4.69, 9.17) is 16.0 Å². The van der Waals surface area contributed by atoms with E-state index >= 15 is 0 Å². The van der Waals surface area contributed by atoms with Gasteiger partial charge >= 0.3 is 0 Å². The maximum Gasteiger partial charge on any atom is 0.256 e. The molecule has 0 unspecified atom stereocenters. The Hall–Kier alpha value is -2.12. The fourth-order valence-electron chi connectivity index (χ4n) is 4.49. The number of nitrogens with one attached hydrogen (secondary N) is 1. The molecule has 2 aromatic carbocycles. The standard InChI is InChI=1S/C24H25ClN4OS.ClH/c1-15(2)22-18-13-16(19(25)14-20(18)26-24(22)30)7-8-28-9-11-29(12-10-28)23-17-5-3-4-6-21(17)31-27-23;/h3-6,13-14H,7-12H2,1-2H3,(H,26,30);1H. The number of piperazine rings is 1. The van der Waals surface area contributed by atoms with Crippen molar-refractivity contribution >= 4 is 68.6 Å². The molecule has 3 aromatic rings. The zero-order valence-corrected chi connectivity index (χ0v) is 20.5. The predicted molar refractivity (Wildman–Crippen MR) is 138 cm³/mol. The first-order chi connectivity index (χ1) is 15.0. The first-order valence-electron chi connectivity index (χ1n) is 10.6. The summed E-state index contributed by atoms with van der Waals surface area (Å²) in [4.78, 5) is 17.2. The number of allylic oxidation sites excluding steroid dienone is 1. The van der Waals surface area contributed by atoms with Gasteiger partial charge in [0.05, 0.1) is 10.4 Å². The minimum Gasteiger partial charge on any atom is -0.353 e. The lowest BCUT2D eigenvalue weighted by molar-refractivity contribution is -0.110. The number of fused-ring (bicyclic) bond motifs is 2. The van der Waals surface area contributed by atoms with Gasteiger partial charge in [0.1, 0.15) is 5.82 Å². The van der Waals surface area contributed by atoms with Crippen molar-refractivity contribution in [1.82, 2.24) is 9.27 Å². The highest BCUT2D eigenvalue weighted by molar-refractivity contribution is 7.13. The first-order valence-corrected chi connectivity index (χ1v) is 11.8. The molecule has 0 saturated carbocycles. The van der Waals surface area contributed by atoms with Gasteiger partial charge in [-0.2, -0.15) is 4.37 Å². The number of carbonyl (C=O) groups excluding carboxylic acids is 1. The van der Waals surface area contributed by atoms with Crippen molar-refractivity contribution in [2.45, 2.75) is 20.3 Å². The average Bonchev–Trinajstić information content (AvgIpc) is 3.32. The second-order valence-electron chi connectivity index (χ2n) is 8.40. The molecule has 168 valence electrons. The smallest absolute Gasteiger partial charge is 0.256 e. The van der Waals surface area contributed by atoms with Crippen LogP contribution in [-0.2, 0) is 11.2 Å². The first kappa shape index (κ1) is 23.1. The van der Waals surface area contributed by atoms with Crippen LogP contribution in [-0.4, -0.2) is 47.9 Å². The van der Waals surface area contributed by atoms with Crippen molar-refractivity contribution in [2.24, 2.45) is 0 Å². The number of amides is 1. The summed E-state index contributed by atoms with van der Waals surface area (Å²) >= 11 is 8.12. The van der Waals surface area contributed by atoms with Gasteiger partial charge < -0.3 is 10.2 Å². The number of nitrogens with zero attached hydrogens (tertiary/aromatic N) is 3. The number of carbonyl (C=O) groups is 1. The third-order valence-corrected chi connectivity index (χ3v) is 7.33. The lowest BCUT2D eigenvalue weighted by Crippen LogP contribution is -2.47. The fraction of sp³-hybridized carbons (Fsp3) is 0.333. The quantitative estimate of drug-likeness (QED) is 0.493. The van der Waals surface area contributed by atoms with Crippen LogP contribution in [0.3, 0.4) is 0 Å². The highest BCUT2D eigenvalue weighted by Gasteiger charge is 2.27. The lowest BCUT2D eigenvalue weighted by atomic mass is 9.99. The number of halogens is 2. The van der Waals surface area contributed by atoms with Gasteiger partial charge in [0.25, 0.3) is 5.91 Å². The molecule has 32 heavy (non-hydrogen) atoms. The summed E-state index contributed by atoms with van der Waals surface area (Å²) in [7, 11) is 0. The summed E-state index contributed by atoms with van der Waals surface area (Å²) in [6, 6.07) is 12.4. The molecule has 1 N–H and O–H groups in total. The van der Waals surface area contributed by atoms with Gasteiger partial charge in [-0.05, 0) is 61.6 Å². The number of hydrogen-bond acceptors (Lipinski definition) is 5. The number of aromatic nitrogens is 1. The second-order valence-corrected chi connectivity index (χ2v) is 9.61.